The minimum Gasteiger partial charge on any atom is -0.477 e. The molecular weight excluding hydrogens is 931 g/mol. The van der Waals surface area contributed by atoms with Gasteiger partial charge in [0.25, 0.3) is 5.24 Å². The van der Waals surface area contributed by atoms with E-state index in [1.165, 1.54) is 30.3 Å². The molecule has 0 saturated carbocycles. The summed E-state index contributed by atoms with van der Waals surface area (Å²) in [6, 6.07) is 37.7. The Morgan fingerprint density at radius 2 is 0.938 bits per heavy atom. The van der Waals surface area contributed by atoms with E-state index < -0.39 is 51.6 Å². The number of rotatable bonds is 7. The van der Waals surface area contributed by atoms with Crippen LogP contribution in [-0.4, -0.2) is 60.6 Å². The van der Waals surface area contributed by atoms with Crippen molar-refractivity contribution in [3.05, 3.63) is 193 Å². The maximum Gasteiger partial charge on any atom is 0.488 e. The fourth-order valence-electron chi connectivity index (χ4n) is 5.53. The van der Waals surface area contributed by atoms with Crippen LogP contribution < -0.4 is 33.5 Å². The average molecular weight is 963 g/mol. The minimum atomic E-state index is -1.67. The van der Waals surface area contributed by atoms with Crippen molar-refractivity contribution in [1.82, 2.24) is 0 Å². The van der Waals surface area contributed by atoms with Crippen LogP contribution in [0.1, 0.15) is 36.6 Å². The van der Waals surface area contributed by atoms with Crippen molar-refractivity contribution < 1.29 is 57.0 Å². The lowest BCUT2D eigenvalue weighted by Gasteiger charge is -2.05. The third-order valence-corrected chi connectivity index (χ3v) is 8.69. The summed E-state index contributed by atoms with van der Waals surface area (Å²) in [6.07, 6.45) is -0.0241. The largest absolute Gasteiger partial charge is 0.488 e. The Balaban J connectivity index is 0.000000192. The fraction of sp³-hybridized carbons (Fsp3) is 0.0233. The van der Waals surface area contributed by atoms with Gasteiger partial charge in [-0.15, -0.1) is 0 Å². The zero-order chi connectivity index (χ0) is 47.8. The van der Waals surface area contributed by atoms with Crippen LogP contribution in [0, 0.1) is 0 Å². The lowest BCUT2D eigenvalue weighted by Crippen LogP contribution is -2.30. The third kappa shape index (κ3) is 15.5. The van der Waals surface area contributed by atoms with Gasteiger partial charge in [-0.3, -0.25) is 9.59 Å². The normalized spacial score (nSPS) is 10.2. The highest BCUT2D eigenvalue weighted by atomic mass is 36.0. The first-order chi connectivity index (χ1) is 30.8. The number of benzene rings is 5. The number of ketones is 1. The standard InChI is InChI=1S/C17H13BO5.C10H5ClO3.C10H6O4.C6H8BNO2.Cl2OS/c19-15(9-11-4-3-6-13(8-11)18(21)22)14-10-12-5-1-2-7-16(12)23-17(14)20;2*11-9(12)7-5-6-3-1-2-4-8(6)14-10(7)13;8-6-3-1-2-5(4-6)7(9)10;1-4(2)3/h1-8,10,21-22H,9H2;1-5H;1-5H,(H,11,12);1-4,9-10H,8H2;. The number of nitrogen functional groups attached to an aromatic ring is 1. The molecule has 7 N–H and O–H groups in total. The van der Waals surface area contributed by atoms with Gasteiger partial charge < -0.3 is 44.2 Å². The molecule has 0 radical (unpaired) electrons. The smallest absolute Gasteiger partial charge is 0.477 e. The number of hydrogen-bond donors (Lipinski definition) is 6. The second-order valence-corrected chi connectivity index (χ2v) is 15.8. The first-order valence-corrected chi connectivity index (χ1v) is 21.5. The van der Waals surface area contributed by atoms with Gasteiger partial charge in [-0.25, -0.2) is 23.4 Å². The Morgan fingerprint density at radius 3 is 1.35 bits per heavy atom. The zero-order valence-corrected chi connectivity index (χ0v) is 36.2. The molecule has 3 aromatic heterocycles. The number of halogens is 3. The van der Waals surface area contributed by atoms with E-state index in [2.05, 4.69) is 21.4 Å². The molecule has 0 saturated heterocycles. The van der Waals surface area contributed by atoms with Crippen LogP contribution in [0.4, 0.5) is 5.69 Å². The highest BCUT2D eigenvalue weighted by Crippen LogP contribution is 2.16. The van der Waals surface area contributed by atoms with Crippen molar-refractivity contribution in [3.63, 3.8) is 0 Å². The lowest BCUT2D eigenvalue weighted by molar-refractivity contribution is 0.0692. The van der Waals surface area contributed by atoms with Crippen LogP contribution >= 0.6 is 33.0 Å². The van der Waals surface area contributed by atoms with Gasteiger partial charge in [0.2, 0.25) is 9.23 Å². The molecule has 0 atom stereocenters. The molecule has 8 rings (SSSR count). The molecule has 0 bridgehead atoms. The van der Waals surface area contributed by atoms with E-state index in [-0.39, 0.29) is 28.9 Å². The first kappa shape index (κ1) is 51.0. The summed E-state index contributed by atoms with van der Waals surface area (Å²) in [5, 5.41) is 45.4. The van der Waals surface area contributed by atoms with Crippen LogP contribution in [0.25, 0.3) is 32.9 Å². The van der Waals surface area contributed by atoms with Gasteiger partial charge in [0, 0.05) is 49.6 Å². The highest BCUT2D eigenvalue weighted by molar-refractivity contribution is 8.26. The summed E-state index contributed by atoms with van der Waals surface area (Å²) in [5.41, 5.74) is 5.78. The van der Waals surface area contributed by atoms with E-state index in [0.717, 1.165) is 0 Å². The molecule has 0 amide bonds. The van der Waals surface area contributed by atoms with Crippen molar-refractivity contribution in [2.75, 3.05) is 5.73 Å². The third-order valence-electron chi connectivity index (χ3n) is 8.49. The first-order valence-electron chi connectivity index (χ1n) is 18.3. The quantitative estimate of drug-likeness (QED) is 0.0420. The van der Waals surface area contributed by atoms with Crippen molar-refractivity contribution in [3.8, 4) is 0 Å². The molecule has 0 aliphatic heterocycles. The molecule has 22 heteroatoms. The number of anilines is 1. The predicted octanol–water partition coefficient (Wildman–Crippen LogP) is 4.55. The number of carboxylic acid groups (broad SMARTS) is 1. The van der Waals surface area contributed by atoms with Crippen LogP contribution in [0.5, 0.6) is 0 Å². The molecular formula is C43H32B2Cl3NO15S. The second kappa shape index (κ2) is 24.4. The van der Waals surface area contributed by atoms with Gasteiger partial charge in [0.15, 0.2) is 5.78 Å². The predicted molar refractivity (Wildman–Crippen MR) is 249 cm³/mol. The highest BCUT2D eigenvalue weighted by Gasteiger charge is 2.17. The number of carbonyl (C=O) groups excluding carboxylic acids is 2. The van der Waals surface area contributed by atoms with Crippen LogP contribution in [-0.2, 0) is 15.6 Å². The number of Topliss-reactive ketones (excluding diaryl/α,β-unsaturated/α-hetero) is 1. The Morgan fingerprint density at radius 1 is 0.554 bits per heavy atom. The maximum absolute atomic E-state index is 12.4. The molecule has 332 valence electrons. The molecule has 16 nitrogen and oxygen atoms in total. The van der Waals surface area contributed by atoms with Gasteiger partial charge in [-0.2, -0.15) is 0 Å². The number of carbonyl (C=O) groups is 3. The summed E-state index contributed by atoms with van der Waals surface area (Å²) >= 11 is 5.21. The Bertz CT molecular complexity index is 3070. The minimum absolute atomic E-state index is 0.0151. The zero-order valence-electron chi connectivity index (χ0n) is 33.1. The second-order valence-electron chi connectivity index (χ2n) is 13.0. The number of para-hydroxylation sites is 3. The van der Waals surface area contributed by atoms with Gasteiger partial charge in [0.1, 0.15) is 33.4 Å². The molecule has 0 aliphatic rings. The summed E-state index contributed by atoms with van der Waals surface area (Å²) in [4.78, 5) is 68.1. The molecule has 3 heterocycles. The van der Waals surface area contributed by atoms with Crippen molar-refractivity contribution in [2.24, 2.45) is 0 Å². The summed E-state index contributed by atoms with van der Waals surface area (Å²) in [5.74, 6) is -1.65. The average Bonchev–Trinajstić information content (AvgIpc) is 3.26. The molecule has 0 fully saturated rings. The van der Waals surface area contributed by atoms with E-state index in [1.807, 2.05) is 0 Å². The number of carboxylic acids is 1. The van der Waals surface area contributed by atoms with Gasteiger partial charge >= 0.3 is 37.1 Å². The monoisotopic (exact) mass is 961 g/mol. The summed E-state index contributed by atoms with van der Waals surface area (Å²) < 4.78 is 24.0. The fourth-order valence-corrected chi connectivity index (χ4v) is 5.66. The van der Waals surface area contributed by atoms with Crippen LogP contribution in [0.3, 0.4) is 0 Å². The van der Waals surface area contributed by atoms with Gasteiger partial charge in [-0.1, -0.05) is 91.0 Å². The lowest BCUT2D eigenvalue weighted by atomic mass is 9.79. The van der Waals surface area contributed by atoms with Crippen molar-refractivity contribution in [2.45, 2.75) is 6.42 Å². The Kier molecular flexibility index (Phi) is 19.1. The van der Waals surface area contributed by atoms with Gasteiger partial charge in [-0.05, 0) is 76.6 Å². The maximum atomic E-state index is 12.4. The molecule has 8 aromatic rings. The number of nitrogens with two attached hydrogens (primary N) is 1. The molecule has 5 aromatic carbocycles. The SMILES string of the molecule is Nc1cccc(B(O)O)c1.O=C(Cc1cccc(B(O)O)c1)c1cc2ccccc2oc1=O.O=C(Cl)c1cc2ccccc2oc1=O.O=C(O)c1cc2ccccc2oc1=O.O=S(Cl)Cl. The molecule has 0 spiro atoms. The molecule has 0 aliphatic carbocycles. The number of hydrogen-bond acceptors (Lipinski definition) is 15. The van der Waals surface area contributed by atoms with E-state index in [1.54, 1.807) is 109 Å². The van der Waals surface area contributed by atoms with E-state index in [0.29, 0.717) is 55.1 Å². The van der Waals surface area contributed by atoms with Crippen LogP contribution in [0.15, 0.2) is 167 Å². The van der Waals surface area contributed by atoms with E-state index in [9.17, 15) is 28.8 Å². The summed E-state index contributed by atoms with van der Waals surface area (Å²) in [6.45, 7) is 0. The van der Waals surface area contributed by atoms with E-state index >= 15 is 0 Å². The Labute approximate surface area is 383 Å². The number of fused-ring (bicyclic) bond motifs is 3. The molecule has 65 heavy (non-hydrogen) atoms. The van der Waals surface area contributed by atoms with Crippen LogP contribution in [0.2, 0.25) is 0 Å². The Hall–Kier alpha value is -6.67. The topological polar surface area (TPSA) is 286 Å². The number of aromatic carboxylic acids is 1. The van der Waals surface area contributed by atoms with E-state index in [4.69, 9.17) is 60.0 Å². The molecule has 0 unspecified atom stereocenters. The summed E-state index contributed by atoms with van der Waals surface area (Å²) in [7, 11) is 4.33. The van der Waals surface area contributed by atoms with Crippen molar-refractivity contribution >= 4 is 123 Å². The van der Waals surface area contributed by atoms with Crippen molar-refractivity contribution in [1.29, 1.82) is 0 Å². The van der Waals surface area contributed by atoms with Gasteiger partial charge in [0.05, 0.1) is 0 Å².